The first-order chi connectivity index (χ1) is 11.9. The van der Waals surface area contributed by atoms with E-state index >= 15 is 0 Å². The minimum atomic E-state index is -4.37. The van der Waals surface area contributed by atoms with Crippen LogP contribution < -0.4 is 10.1 Å². The summed E-state index contributed by atoms with van der Waals surface area (Å²) in [4.78, 5) is 8.42. The number of para-hydroxylation sites is 1. The molecule has 0 aliphatic heterocycles. The highest BCUT2D eigenvalue weighted by atomic mass is 19.4. The second kappa shape index (κ2) is 6.96. The predicted octanol–water partition coefficient (Wildman–Crippen LogP) is 4.49. The lowest BCUT2D eigenvalue weighted by molar-refractivity contribution is -0.154. The number of aryl methyl sites for hydroxylation is 1. The minimum Gasteiger partial charge on any atom is -0.468 e. The molecule has 0 bridgehead atoms. The average molecular weight is 347 g/mol. The van der Waals surface area contributed by atoms with E-state index in [1.165, 1.54) is 12.3 Å². The molecule has 0 saturated carbocycles. The molecule has 0 spiro atoms. The maximum absolute atomic E-state index is 12.1. The maximum atomic E-state index is 12.1. The topological polar surface area (TPSA) is 47.0 Å². The van der Waals surface area contributed by atoms with Gasteiger partial charge < -0.3 is 10.1 Å². The van der Waals surface area contributed by atoms with Crippen molar-refractivity contribution in [3.63, 3.8) is 0 Å². The zero-order valence-corrected chi connectivity index (χ0v) is 13.5. The minimum absolute atomic E-state index is 0.0549. The summed E-state index contributed by atoms with van der Waals surface area (Å²) < 4.78 is 40.9. The Morgan fingerprint density at radius 2 is 1.92 bits per heavy atom. The molecule has 25 heavy (non-hydrogen) atoms. The molecule has 1 N–H and O–H groups in total. The van der Waals surface area contributed by atoms with Gasteiger partial charge in [-0.1, -0.05) is 24.3 Å². The van der Waals surface area contributed by atoms with Crippen molar-refractivity contribution < 1.29 is 17.9 Å². The van der Waals surface area contributed by atoms with Gasteiger partial charge in [0.2, 0.25) is 5.88 Å². The fraction of sp³-hybridized carbons (Fsp3) is 0.222. The Labute approximate surface area is 142 Å². The number of benzene rings is 1. The Kier molecular flexibility index (Phi) is 4.74. The molecule has 0 atom stereocenters. The molecule has 130 valence electrons. The number of alkyl halides is 3. The molecular formula is C18H16F3N3O. The number of pyridine rings is 2. The average Bonchev–Trinajstić information content (AvgIpc) is 2.58. The highest BCUT2D eigenvalue weighted by molar-refractivity contribution is 5.83. The molecule has 1 aromatic carbocycles. The van der Waals surface area contributed by atoms with Crippen molar-refractivity contribution >= 4 is 16.7 Å². The van der Waals surface area contributed by atoms with Gasteiger partial charge in [0, 0.05) is 24.2 Å². The molecule has 3 rings (SSSR count). The Hall–Kier alpha value is -2.83. The number of fused-ring (bicyclic) bond motifs is 1. The van der Waals surface area contributed by atoms with E-state index in [9.17, 15) is 13.2 Å². The lowest BCUT2D eigenvalue weighted by atomic mass is 10.1. The van der Waals surface area contributed by atoms with Crippen LogP contribution in [0, 0.1) is 6.92 Å². The molecular weight excluding hydrogens is 331 g/mol. The van der Waals surface area contributed by atoms with Crippen LogP contribution in [0.3, 0.4) is 0 Å². The Balaban J connectivity index is 1.64. The van der Waals surface area contributed by atoms with Crippen LogP contribution in [0.1, 0.15) is 11.1 Å². The van der Waals surface area contributed by atoms with Gasteiger partial charge in [-0.05, 0) is 30.2 Å². The largest absolute Gasteiger partial charge is 0.468 e. The molecule has 0 amide bonds. The van der Waals surface area contributed by atoms with Gasteiger partial charge in [0.05, 0.1) is 5.52 Å². The number of halogens is 3. The van der Waals surface area contributed by atoms with Crippen LogP contribution in [-0.2, 0) is 6.54 Å². The van der Waals surface area contributed by atoms with Crippen LogP contribution >= 0.6 is 0 Å². The molecule has 0 aliphatic carbocycles. The highest BCUT2D eigenvalue weighted by Gasteiger charge is 2.28. The molecule has 7 heteroatoms. The molecule has 3 aromatic rings. The first-order valence-corrected chi connectivity index (χ1v) is 7.65. The van der Waals surface area contributed by atoms with Gasteiger partial charge in [-0.3, -0.25) is 0 Å². The fourth-order valence-electron chi connectivity index (χ4n) is 2.39. The molecule has 2 heterocycles. The van der Waals surface area contributed by atoms with Crippen LogP contribution in [0.25, 0.3) is 10.9 Å². The molecule has 0 unspecified atom stereocenters. The number of ether oxygens (including phenoxy) is 1. The maximum Gasteiger partial charge on any atom is 0.422 e. The number of anilines is 1. The van der Waals surface area contributed by atoms with Gasteiger partial charge in [0.1, 0.15) is 5.82 Å². The highest BCUT2D eigenvalue weighted by Crippen LogP contribution is 2.20. The van der Waals surface area contributed by atoms with Crippen LogP contribution in [0.2, 0.25) is 0 Å². The lowest BCUT2D eigenvalue weighted by Crippen LogP contribution is -2.19. The summed E-state index contributed by atoms with van der Waals surface area (Å²) in [6.45, 7) is 1.12. The SMILES string of the molecule is Cc1cc(NCc2ccc(OCC(F)(F)F)nc2)nc2ccccc12. The lowest BCUT2D eigenvalue weighted by Gasteiger charge is -2.10. The molecule has 2 aromatic heterocycles. The summed E-state index contributed by atoms with van der Waals surface area (Å²) in [5, 5.41) is 4.30. The molecule has 0 radical (unpaired) electrons. The number of nitrogens with one attached hydrogen (secondary N) is 1. The third-order valence-corrected chi connectivity index (χ3v) is 3.58. The molecule has 0 saturated heterocycles. The van der Waals surface area contributed by atoms with E-state index in [-0.39, 0.29) is 5.88 Å². The second-order valence-electron chi connectivity index (χ2n) is 5.60. The number of hydrogen-bond donors (Lipinski definition) is 1. The Morgan fingerprint density at radius 3 is 2.64 bits per heavy atom. The fourth-order valence-corrected chi connectivity index (χ4v) is 2.39. The smallest absolute Gasteiger partial charge is 0.422 e. The van der Waals surface area contributed by atoms with Gasteiger partial charge in [-0.2, -0.15) is 13.2 Å². The summed E-state index contributed by atoms with van der Waals surface area (Å²) in [6, 6.07) is 12.9. The summed E-state index contributed by atoms with van der Waals surface area (Å²) in [7, 11) is 0. The van der Waals surface area contributed by atoms with E-state index in [1.54, 1.807) is 6.07 Å². The number of nitrogens with zero attached hydrogens (tertiary/aromatic N) is 2. The van der Waals surface area contributed by atoms with Crippen molar-refractivity contribution in [1.82, 2.24) is 9.97 Å². The first kappa shape index (κ1) is 17.0. The van der Waals surface area contributed by atoms with Gasteiger partial charge in [-0.25, -0.2) is 9.97 Å². The van der Waals surface area contributed by atoms with Crippen molar-refractivity contribution in [3.8, 4) is 5.88 Å². The molecule has 0 fully saturated rings. The van der Waals surface area contributed by atoms with Crippen molar-refractivity contribution in [2.45, 2.75) is 19.6 Å². The molecule has 0 aliphatic rings. The van der Waals surface area contributed by atoms with Gasteiger partial charge >= 0.3 is 6.18 Å². The summed E-state index contributed by atoms with van der Waals surface area (Å²) >= 11 is 0. The normalized spacial score (nSPS) is 11.5. The van der Waals surface area contributed by atoms with E-state index in [0.29, 0.717) is 6.54 Å². The third kappa shape index (κ3) is 4.59. The summed E-state index contributed by atoms with van der Waals surface area (Å²) in [6.07, 6.45) is -2.89. The van der Waals surface area contributed by atoms with Gasteiger partial charge in [-0.15, -0.1) is 0 Å². The monoisotopic (exact) mass is 347 g/mol. The van der Waals surface area contributed by atoms with Crippen molar-refractivity contribution in [3.05, 3.63) is 59.8 Å². The Bertz CT molecular complexity index is 864. The first-order valence-electron chi connectivity index (χ1n) is 7.65. The number of hydrogen-bond acceptors (Lipinski definition) is 4. The van der Waals surface area contributed by atoms with E-state index in [0.717, 1.165) is 27.8 Å². The van der Waals surface area contributed by atoms with Crippen LogP contribution in [-0.4, -0.2) is 22.8 Å². The Morgan fingerprint density at radius 1 is 1.12 bits per heavy atom. The quantitative estimate of drug-likeness (QED) is 0.739. The van der Waals surface area contributed by atoms with Gasteiger partial charge in [0.25, 0.3) is 0 Å². The molecule has 4 nitrogen and oxygen atoms in total. The van der Waals surface area contributed by atoms with E-state index in [4.69, 9.17) is 0 Å². The zero-order chi connectivity index (χ0) is 17.9. The van der Waals surface area contributed by atoms with Crippen molar-refractivity contribution in [2.75, 3.05) is 11.9 Å². The van der Waals surface area contributed by atoms with Crippen molar-refractivity contribution in [2.24, 2.45) is 0 Å². The van der Waals surface area contributed by atoms with Gasteiger partial charge in [0.15, 0.2) is 6.61 Å². The second-order valence-corrected chi connectivity index (χ2v) is 5.60. The van der Waals surface area contributed by atoms with Crippen LogP contribution in [0.5, 0.6) is 5.88 Å². The number of rotatable bonds is 5. The van der Waals surface area contributed by atoms with E-state index in [2.05, 4.69) is 20.0 Å². The third-order valence-electron chi connectivity index (χ3n) is 3.58. The van der Waals surface area contributed by atoms with E-state index < -0.39 is 12.8 Å². The standard InChI is InChI=1S/C18H16F3N3O/c1-12-8-16(24-15-5-3-2-4-14(12)15)22-9-13-6-7-17(23-10-13)25-11-18(19,20)21/h2-8,10H,9,11H2,1H3,(H,22,24). The summed E-state index contributed by atoms with van der Waals surface area (Å²) in [5.74, 6) is 0.675. The zero-order valence-electron chi connectivity index (χ0n) is 13.5. The van der Waals surface area contributed by atoms with Crippen LogP contribution in [0.15, 0.2) is 48.7 Å². The predicted molar refractivity (Wildman–Crippen MR) is 89.6 cm³/mol. The van der Waals surface area contributed by atoms with E-state index in [1.807, 2.05) is 37.3 Å². The summed E-state index contributed by atoms with van der Waals surface area (Å²) in [5.41, 5.74) is 2.83. The van der Waals surface area contributed by atoms with Crippen LogP contribution in [0.4, 0.5) is 19.0 Å². The number of aromatic nitrogens is 2. The van der Waals surface area contributed by atoms with Crippen molar-refractivity contribution in [1.29, 1.82) is 0 Å².